The van der Waals surface area contributed by atoms with E-state index in [1.165, 1.54) is 0 Å². The molecule has 3 heteroatoms. The molecule has 55 valence electrons. The van der Waals surface area contributed by atoms with Crippen molar-refractivity contribution in [1.82, 2.24) is 4.98 Å². The number of aromatic nitrogens is 1. The van der Waals surface area contributed by atoms with Gasteiger partial charge in [0.15, 0.2) is 7.28 Å². The van der Waals surface area contributed by atoms with Gasteiger partial charge in [0.05, 0.1) is 5.01 Å². The van der Waals surface area contributed by atoms with Crippen molar-refractivity contribution in [3.05, 3.63) is 10.4 Å². The molecule has 10 heavy (non-hydrogen) atoms. The summed E-state index contributed by atoms with van der Waals surface area (Å²) >= 11 is 1.69. The maximum atomic E-state index is 4.19. The SMILES string of the molecule is CC.C[B]c1csc(C)n1. The number of thiazole rings is 1. The highest BCUT2D eigenvalue weighted by Gasteiger charge is 1.92. The predicted octanol–water partition coefficient (Wildman–Crippen LogP) is 1.86. The molecule has 0 atom stereocenters. The first-order valence-electron chi connectivity index (χ1n) is 3.54. The number of nitrogens with zero attached hydrogens (tertiary/aromatic N) is 1. The second-order valence-corrected chi connectivity index (χ2v) is 2.64. The van der Waals surface area contributed by atoms with Gasteiger partial charge in [-0.1, -0.05) is 20.7 Å². The largest absolute Gasteiger partial charge is 0.257 e. The quantitative estimate of drug-likeness (QED) is 0.562. The molecule has 1 aromatic rings. The Morgan fingerprint density at radius 3 is 2.30 bits per heavy atom. The van der Waals surface area contributed by atoms with Crippen LogP contribution >= 0.6 is 11.3 Å². The fraction of sp³-hybridized carbons (Fsp3) is 0.571. The first-order chi connectivity index (χ1) is 4.83. The first kappa shape index (κ1) is 9.69. The number of rotatable bonds is 1. The lowest BCUT2D eigenvalue weighted by Crippen LogP contribution is -2.10. The Kier molecular flexibility index (Phi) is 5.31. The minimum Gasteiger partial charge on any atom is -0.257 e. The van der Waals surface area contributed by atoms with Crippen molar-refractivity contribution in [2.45, 2.75) is 27.6 Å². The summed E-state index contributed by atoms with van der Waals surface area (Å²) in [4.78, 5) is 4.19. The van der Waals surface area contributed by atoms with Crippen LogP contribution < -0.4 is 5.59 Å². The summed E-state index contributed by atoms with van der Waals surface area (Å²) in [6.07, 6.45) is 0. The zero-order chi connectivity index (χ0) is 7.98. The maximum absolute atomic E-state index is 4.19. The van der Waals surface area contributed by atoms with Gasteiger partial charge >= 0.3 is 0 Å². The highest BCUT2D eigenvalue weighted by molar-refractivity contribution is 7.10. The maximum Gasteiger partial charge on any atom is 0.175 e. The summed E-state index contributed by atoms with van der Waals surface area (Å²) in [5, 5.41) is 3.19. The van der Waals surface area contributed by atoms with E-state index >= 15 is 0 Å². The Bertz CT molecular complexity index is 174. The Morgan fingerprint density at radius 2 is 2.10 bits per heavy atom. The van der Waals surface area contributed by atoms with Gasteiger partial charge in [0.2, 0.25) is 0 Å². The van der Waals surface area contributed by atoms with E-state index in [0.29, 0.717) is 0 Å². The van der Waals surface area contributed by atoms with Crippen LogP contribution in [0.1, 0.15) is 18.9 Å². The van der Waals surface area contributed by atoms with Gasteiger partial charge < -0.3 is 0 Å². The van der Waals surface area contributed by atoms with Crippen LogP contribution in [0.4, 0.5) is 0 Å². The van der Waals surface area contributed by atoms with Crippen LogP contribution in [0.5, 0.6) is 0 Å². The monoisotopic (exact) mass is 154 g/mol. The molecule has 1 heterocycles. The van der Waals surface area contributed by atoms with Crippen LogP contribution in [0.25, 0.3) is 0 Å². The molecule has 0 aromatic carbocycles. The van der Waals surface area contributed by atoms with Crippen LogP contribution in [0.2, 0.25) is 6.82 Å². The van der Waals surface area contributed by atoms with Gasteiger partial charge in [-0.3, -0.25) is 4.98 Å². The van der Waals surface area contributed by atoms with Gasteiger partial charge in [-0.25, -0.2) is 0 Å². The average Bonchev–Trinajstić information content (AvgIpc) is 2.40. The molecule has 1 radical (unpaired) electrons. The van der Waals surface area contributed by atoms with Gasteiger partial charge in [-0.15, -0.1) is 11.3 Å². The van der Waals surface area contributed by atoms with Crippen molar-refractivity contribution in [1.29, 1.82) is 0 Å². The van der Waals surface area contributed by atoms with E-state index < -0.39 is 0 Å². The molecule has 0 saturated carbocycles. The third kappa shape index (κ3) is 3.02. The normalized spacial score (nSPS) is 8.00. The fourth-order valence-corrected chi connectivity index (χ4v) is 1.15. The molecule has 0 saturated heterocycles. The van der Waals surface area contributed by atoms with Crippen molar-refractivity contribution in [2.24, 2.45) is 0 Å². The molecule has 1 rings (SSSR count). The molecule has 0 bridgehead atoms. The van der Waals surface area contributed by atoms with Crippen molar-refractivity contribution < 1.29 is 0 Å². The van der Waals surface area contributed by atoms with Gasteiger partial charge in [0.25, 0.3) is 0 Å². The average molecular weight is 154 g/mol. The minimum atomic E-state index is 1.09. The second-order valence-electron chi connectivity index (χ2n) is 1.58. The van der Waals surface area contributed by atoms with Gasteiger partial charge in [-0.05, 0) is 6.92 Å². The van der Waals surface area contributed by atoms with E-state index in [4.69, 9.17) is 0 Å². The molecule has 0 amide bonds. The Balaban J connectivity index is 0.000000371. The minimum absolute atomic E-state index is 1.09. The predicted molar refractivity (Wildman–Crippen MR) is 49.5 cm³/mol. The number of aryl methyl sites for hydroxylation is 1. The molecule has 0 aliphatic heterocycles. The van der Waals surface area contributed by atoms with Crippen molar-refractivity contribution >= 4 is 24.2 Å². The Hall–Kier alpha value is -0.305. The van der Waals surface area contributed by atoms with Gasteiger partial charge in [0, 0.05) is 11.0 Å². The van der Waals surface area contributed by atoms with E-state index in [-0.39, 0.29) is 0 Å². The van der Waals surface area contributed by atoms with Gasteiger partial charge in [-0.2, -0.15) is 0 Å². The molecular formula is C7H13BNS. The number of hydrogen-bond donors (Lipinski definition) is 0. The van der Waals surface area contributed by atoms with Crippen LogP contribution in [-0.2, 0) is 0 Å². The molecule has 0 unspecified atom stereocenters. The summed E-state index contributed by atoms with van der Waals surface area (Å²) in [5.74, 6) is 0. The van der Waals surface area contributed by atoms with E-state index in [9.17, 15) is 0 Å². The van der Waals surface area contributed by atoms with Crippen molar-refractivity contribution in [3.63, 3.8) is 0 Å². The van der Waals surface area contributed by atoms with Crippen molar-refractivity contribution in [3.8, 4) is 0 Å². The van der Waals surface area contributed by atoms with Crippen LogP contribution in [-0.4, -0.2) is 12.3 Å². The van der Waals surface area contributed by atoms with Gasteiger partial charge in [0.1, 0.15) is 0 Å². The van der Waals surface area contributed by atoms with E-state index in [1.807, 2.05) is 34.9 Å². The molecule has 0 fully saturated rings. The van der Waals surface area contributed by atoms with Crippen LogP contribution in [0.15, 0.2) is 5.38 Å². The highest BCUT2D eigenvalue weighted by Crippen LogP contribution is 1.97. The zero-order valence-corrected chi connectivity index (χ0v) is 7.83. The summed E-state index contributed by atoms with van der Waals surface area (Å²) in [6, 6.07) is 0. The third-order valence-corrected chi connectivity index (χ3v) is 1.72. The lowest BCUT2D eigenvalue weighted by Gasteiger charge is -1.77. The summed E-state index contributed by atoms with van der Waals surface area (Å²) in [6.45, 7) is 8.01. The van der Waals surface area contributed by atoms with E-state index in [0.717, 1.165) is 10.6 Å². The fourth-order valence-electron chi connectivity index (χ4n) is 0.513. The topological polar surface area (TPSA) is 12.9 Å². The van der Waals surface area contributed by atoms with E-state index in [2.05, 4.69) is 10.4 Å². The molecule has 0 N–H and O–H groups in total. The molecule has 1 nitrogen and oxygen atoms in total. The second kappa shape index (κ2) is 5.48. The smallest absolute Gasteiger partial charge is 0.175 e. The third-order valence-electron chi connectivity index (χ3n) is 0.933. The molecule has 0 spiro atoms. The Morgan fingerprint density at radius 1 is 1.50 bits per heavy atom. The summed E-state index contributed by atoms with van der Waals surface area (Å²) in [7, 11) is 2.00. The molecule has 1 aromatic heterocycles. The van der Waals surface area contributed by atoms with Crippen LogP contribution in [0.3, 0.4) is 0 Å². The number of hydrogen-bond acceptors (Lipinski definition) is 2. The standard InChI is InChI=1S/C5H7BNS.C2H6/c1-4-7-5(6-2)3-8-4;1-2/h3H,1-2H3;1-2H3. The first-order valence-corrected chi connectivity index (χ1v) is 4.42. The van der Waals surface area contributed by atoms with Crippen LogP contribution in [0, 0.1) is 6.92 Å². The summed E-state index contributed by atoms with van der Waals surface area (Å²) in [5.41, 5.74) is 1.09. The van der Waals surface area contributed by atoms with Crippen molar-refractivity contribution in [2.75, 3.05) is 0 Å². The lowest BCUT2D eigenvalue weighted by atomic mass is 9.79. The molecular weight excluding hydrogens is 141 g/mol. The highest BCUT2D eigenvalue weighted by atomic mass is 32.1. The molecule has 0 aliphatic carbocycles. The Labute approximate surface area is 67.7 Å². The molecule has 0 aliphatic rings. The summed E-state index contributed by atoms with van der Waals surface area (Å²) < 4.78 is 0. The zero-order valence-electron chi connectivity index (χ0n) is 7.01. The lowest BCUT2D eigenvalue weighted by molar-refractivity contribution is 1.34. The van der Waals surface area contributed by atoms with E-state index in [1.54, 1.807) is 11.3 Å².